The summed E-state index contributed by atoms with van der Waals surface area (Å²) in [5, 5.41) is 1.42. The predicted molar refractivity (Wildman–Crippen MR) is 105 cm³/mol. The van der Waals surface area contributed by atoms with E-state index in [-0.39, 0.29) is 5.56 Å². The number of H-pyrrole nitrogens is 1. The van der Waals surface area contributed by atoms with Crippen LogP contribution in [0.1, 0.15) is 18.1 Å². The van der Waals surface area contributed by atoms with E-state index in [0.29, 0.717) is 28.5 Å². The zero-order chi connectivity index (χ0) is 19.9. The Morgan fingerprint density at radius 3 is 2.50 bits per heavy atom. The number of fused-ring (bicyclic) bond motifs is 3. The van der Waals surface area contributed by atoms with E-state index < -0.39 is 11.7 Å². The molecule has 2 aromatic heterocycles. The molecule has 0 spiro atoms. The quantitative estimate of drug-likeness (QED) is 0.376. The third-order valence-electron chi connectivity index (χ3n) is 4.54. The van der Waals surface area contributed by atoms with Gasteiger partial charge in [0.2, 0.25) is 0 Å². The first-order valence-electron chi connectivity index (χ1n) is 8.68. The molecular formula is C20H16F3N3OS. The van der Waals surface area contributed by atoms with Gasteiger partial charge in [0, 0.05) is 23.2 Å². The molecule has 8 heteroatoms. The first kappa shape index (κ1) is 18.6. The van der Waals surface area contributed by atoms with E-state index in [9.17, 15) is 18.0 Å². The van der Waals surface area contributed by atoms with Crippen molar-refractivity contribution in [2.45, 2.75) is 30.6 Å². The summed E-state index contributed by atoms with van der Waals surface area (Å²) in [6, 6.07) is 12.6. The Hall–Kier alpha value is -2.74. The smallest absolute Gasteiger partial charge is 0.349 e. The molecule has 4 rings (SSSR count). The van der Waals surface area contributed by atoms with Crippen LogP contribution in [-0.2, 0) is 18.5 Å². The van der Waals surface area contributed by atoms with Crippen molar-refractivity contribution in [2.24, 2.45) is 0 Å². The van der Waals surface area contributed by atoms with E-state index in [1.54, 1.807) is 4.57 Å². The molecule has 0 saturated carbocycles. The molecule has 0 aliphatic heterocycles. The van der Waals surface area contributed by atoms with E-state index in [1.165, 1.54) is 23.9 Å². The number of alkyl halides is 3. The highest BCUT2D eigenvalue weighted by molar-refractivity contribution is 7.98. The van der Waals surface area contributed by atoms with Gasteiger partial charge < -0.3 is 4.98 Å². The lowest BCUT2D eigenvalue weighted by Crippen LogP contribution is -2.22. The van der Waals surface area contributed by atoms with Gasteiger partial charge in [-0.2, -0.15) is 13.2 Å². The van der Waals surface area contributed by atoms with Crippen molar-refractivity contribution in [3.05, 3.63) is 70.0 Å². The molecular weight excluding hydrogens is 387 g/mol. The Bertz CT molecular complexity index is 1210. The summed E-state index contributed by atoms with van der Waals surface area (Å²) in [5.41, 5.74) is 1.81. The van der Waals surface area contributed by atoms with Gasteiger partial charge in [0.05, 0.1) is 5.56 Å². The number of hydrogen-bond acceptors (Lipinski definition) is 3. The van der Waals surface area contributed by atoms with Crippen LogP contribution in [0.5, 0.6) is 0 Å². The average molecular weight is 403 g/mol. The number of hydrogen-bond donors (Lipinski definition) is 1. The molecule has 0 amide bonds. The van der Waals surface area contributed by atoms with E-state index in [0.717, 1.165) is 28.6 Å². The normalized spacial score (nSPS) is 12.1. The monoisotopic (exact) mass is 403 g/mol. The van der Waals surface area contributed by atoms with E-state index in [2.05, 4.69) is 9.97 Å². The van der Waals surface area contributed by atoms with Crippen LogP contribution < -0.4 is 5.56 Å². The van der Waals surface area contributed by atoms with Gasteiger partial charge in [-0.15, -0.1) is 0 Å². The lowest BCUT2D eigenvalue weighted by molar-refractivity contribution is -0.137. The number of aromatic nitrogens is 3. The molecule has 4 aromatic rings. The van der Waals surface area contributed by atoms with Crippen molar-refractivity contribution in [1.29, 1.82) is 0 Å². The van der Waals surface area contributed by atoms with E-state index in [4.69, 9.17) is 0 Å². The summed E-state index contributed by atoms with van der Waals surface area (Å²) in [6.45, 7) is 2.31. The Balaban J connectivity index is 1.70. The lowest BCUT2D eigenvalue weighted by atomic mass is 10.1. The molecule has 0 unspecified atom stereocenters. The largest absolute Gasteiger partial charge is 0.416 e. The fourth-order valence-electron chi connectivity index (χ4n) is 3.10. The van der Waals surface area contributed by atoms with Gasteiger partial charge in [-0.05, 0) is 30.7 Å². The third-order valence-corrected chi connectivity index (χ3v) is 5.59. The summed E-state index contributed by atoms with van der Waals surface area (Å²) in [6.07, 6.45) is -4.35. The standard InChI is InChI=1S/C20H16F3N3OS/c1-2-26-18(27)17-16(14-5-3-4-6-15(14)24-17)25-19(26)28-11-12-7-9-13(10-8-12)20(21,22)23/h3-10,24H,2,11H2,1H3. The number of nitrogens with one attached hydrogen (secondary N) is 1. The highest BCUT2D eigenvalue weighted by Gasteiger charge is 2.29. The van der Waals surface area contributed by atoms with Crippen LogP contribution in [0.3, 0.4) is 0 Å². The first-order valence-corrected chi connectivity index (χ1v) is 9.67. The maximum Gasteiger partial charge on any atom is 0.416 e. The first-order chi connectivity index (χ1) is 13.4. The number of thioether (sulfide) groups is 1. The zero-order valence-electron chi connectivity index (χ0n) is 14.9. The SMILES string of the molecule is CCn1c(SCc2ccc(C(F)(F)F)cc2)nc2c([nH]c3ccccc32)c1=O. The van der Waals surface area contributed by atoms with Gasteiger partial charge in [-0.25, -0.2) is 4.98 Å². The van der Waals surface area contributed by atoms with Gasteiger partial charge in [-0.1, -0.05) is 42.1 Å². The summed E-state index contributed by atoms with van der Waals surface area (Å²) in [4.78, 5) is 20.7. The molecule has 1 N–H and O–H groups in total. The van der Waals surface area contributed by atoms with Gasteiger partial charge in [0.15, 0.2) is 5.16 Å². The van der Waals surface area contributed by atoms with Crippen molar-refractivity contribution >= 4 is 33.7 Å². The van der Waals surface area contributed by atoms with Crippen molar-refractivity contribution in [1.82, 2.24) is 14.5 Å². The van der Waals surface area contributed by atoms with Crippen molar-refractivity contribution < 1.29 is 13.2 Å². The molecule has 2 aromatic carbocycles. The lowest BCUT2D eigenvalue weighted by Gasteiger charge is -2.10. The van der Waals surface area contributed by atoms with Crippen LogP contribution in [0, 0.1) is 0 Å². The number of halogens is 3. The topological polar surface area (TPSA) is 50.7 Å². The molecule has 0 aliphatic carbocycles. The van der Waals surface area contributed by atoms with E-state index >= 15 is 0 Å². The molecule has 4 nitrogen and oxygen atoms in total. The second-order valence-corrected chi connectivity index (χ2v) is 7.26. The molecule has 0 aliphatic rings. The van der Waals surface area contributed by atoms with Crippen LogP contribution in [0.4, 0.5) is 13.2 Å². The summed E-state index contributed by atoms with van der Waals surface area (Å²) in [5.74, 6) is 0.415. The number of benzene rings is 2. The predicted octanol–water partition coefficient (Wildman–Crippen LogP) is 5.21. The van der Waals surface area contributed by atoms with Crippen molar-refractivity contribution in [3.8, 4) is 0 Å². The molecule has 144 valence electrons. The minimum Gasteiger partial charge on any atom is -0.349 e. The van der Waals surface area contributed by atoms with Crippen LogP contribution >= 0.6 is 11.8 Å². The van der Waals surface area contributed by atoms with Gasteiger partial charge in [0.25, 0.3) is 5.56 Å². The molecule has 0 bridgehead atoms. The number of para-hydroxylation sites is 1. The van der Waals surface area contributed by atoms with Crippen molar-refractivity contribution in [2.75, 3.05) is 0 Å². The minimum absolute atomic E-state index is 0.154. The zero-order valence-corrected chi connectivity index (χ0v) is 15.7. The fraction of sp³-hybridized carbons (Fsp3) is 0.200. The van der Waals surface area contributed by atoms with Crippen LogP contribution in [-0.4, -0.2) is 14.5 Å². The minimum atomic E-state index is -4.35. The maximum atomic E-state index is 12.9. The molecule has 0 radical (unpaired) electrons. The third kappa shape index (κ3) is 3.28. The van der Waals surface area contributed by atoms with Crippen molar-refractivity contribution in [3.63, 3.8) is 0 Å². The highest BCUT2D eigenvalue weighted by Crippen LogP contribution is 2.30. The fourth-order valence-corrected chi connectivity index (χ4v) is 4.11. The maximum absolute atomic E-state index is 12.9. The average Bonchev–Trinajstić information content (AvgIpc) is 3.05. The summed E-state index contributed by atoms with van der Waals surface area (Å²) >= 11 is 1.34. The van der Waals surface area contributed by atoms with Crippen LogP contribution in [0.15, 0.2) is 58.5 Å². The molecule has 2 heterocycles. The highest BCUT2D eigenvalue weighted by atomic mass is 32.2. The second-order valence-electron chi connectivity index (χ2n) is 6.32. The molecule has 0 fully saturated rings. The summed E-state index contributed by atoms with van der Waals surface area (Å²) in [7, 11) is 0. The Morgan fingerprint density at radius 2 is 1.82 bits per heavy atom. The Morgan fingerprint density at radius 1 is 1.11 bits per heavy atom. The molecule has 28 heavy (non-hydrogen) atoms. The summed E-state index contributed by atoms with van der Waals surface area (Å²) < 4.78 is 39.7. The van der Waals surface area contributed by atoms with Gasteiger partial charge >= 0.3 is 6.18 Å². The molecule has 0 saturated heterocycles. The van der Waals surface area contributed by atoms with E-state index in [1.807, 2.05) is 31.2 Å². The molecule has 0 atom stereocenters. The van der Waals surface area contributed by atoms with Crippen LogP contribution in [0.25, 0.3) is 21.9 Å². The van der Waals surface area contributed by atoms with Gasteiger partial charge in [-0.3, -0.25) is 9.36 Å². The number of nitrogens with zero attached hydrogens (tertiary/aromatic N) is 2. The Kier molecular flexibility index (Phi) is 4.66. The second kappa shape index (κ2) is 7.01. The number of rotatable bonds is 4. The van der Waals surface area contributed by atoms with Gasteiger partial charge in [0.1, 0.15) is 11.0 Å². The van der Waals surface area contributed by atoms with Crippen LogP contribution in [0.2, 0.25) is 0 Å². The number of aromatic amines is 1. The Labute approximate surface area is 162 Å².